The molecule has 0 aliphatic heterocycles. The van der Waals surface area contributed by atoms with Gasteiger partial charge in [0.15, 0.2) is 11.6 Å². The molecule has 0 unspecified atom stereocenters. The van der Waals surface area contributed by atoms with Crippen molar-refractivity contribution in [3.63, 3.8) is 0 Å². The van der Waals surface area contributed by atoms with E-state index in [1.165, 1.54) is 6.33 Å². The Hall–Kier alpha value is -2.89. The summed E-state index contributed by atoms with van der Waals surface area (Å²) in [5.74, 6) is 0.0461. The third-order valence-electron chi connectivity index (χ3n) is 3.14. The fraction of sp³-hybridized carbons (Fsp3) is 0. The maximum Gasteiger partial charge on any atom is 0.247 e. The minimum absolute atomic E-state index is 0.138. The molecule has 98 valence electrons. The van der Waals surface area contributed by atoms with E-state index in [4.69, 9.17) is 4.74 Å². The predicted molar refractivity (Wildman–Crippen MR) is 71.3 cm³/mol. The van der Waals surface area contributed by atoms with Gasteiger partial charge in [-0.05, 0) is 30.3 Å². The van der Waals surface area contributed by atoms with E-state index in [9.17, 15) is 4.39 Å². The van der Waals surface area contributed by atoms with Crippen LogP contribution in [0.3, 0.4) is 0 Å². The maximum absolute atomic E-state index is 14.3. The van der Waals surface area contributed by atoms with Gasteiger partial charge in [0, 0.05) is 23.3 Å². The van der Waals surface area contributed by atoms with Gasteiger partial charge in [-0.25, -0.2) is 8.91 Å². The number of hydrogen-bond acceptors (Lipinski definition) is 3. The minimum atomic E-state index is -0.410. The van der Waals surface area contributed by atoms with Crippen molar-refractivity contribution in [2.75, 3.05) is 0 Å². The highest BCUT2D eigenvalue weighted by atomic mass is 19.1. The van der Waals surface area contributed by atoms with Crippen LogP contribution in [0, 0.1) is 5.82 Å². The summed E-state index contributed by atoms with van der Waals surface area (Å²) in [6, 6.07) is 8.65. The second-order valence-corrected chi connectivity index (χ2v) is 4.32. The first-order valence-corrected chi connectivity index (χ1v) is 6.05. The van der Waals surface area contributed by atoms with Crippen LogP contribution in [0.15, 0.2) is 49.1 Å². The topological polar surface area (TPSA) is 55.2 Å². The normalized spacial score (nSPS) is 11.2. The lowest BCUT2D eigenvalue weighted by Gasteiger charge is -2.07. The molecule has 3 aromatic heterocycles. The second-order valence-electron chi connectivity index (χ2n) is 4.32. The molecule has 1 N–H and O–H groups in total. The van der Waals surface area contributed by atoms with E-state index in [1.807, 2.05) is 12.1 Å². The fourth-order valence-corrected chi connectivity index (χ4v) is 2.18. The van der Waals surface area contributed by atoms with Crippen molar-refractivity contribution in [3.05, 3.63) is 54.9 Å². The van der Waals surface area contributed by atoms with Gasteiger partial charge in [0.25, 0.3) is 0 Å². The van der Waals surface area contributed by atoms with Crippen molar-refractivity contribution in [1.82, 2.24) is 19.6 Å². The lowest BCUT2D eigenvalue weighted by Crippen LogP contribution is -1.97. The first kappa shape index (κ1) is 11.0. The predicted octanol–water partition coefficient (Wildman–Crippen LogP) is 3.14. The van der Waals surface area contributed by atoms with Gasteiger partial charge in [-0.2, -0.15) is 10.1 Å². The Kier molecular flexibility index (Phi) is 2.23. The van der Waals surface area contributed by atoms with E-state index in [0.29, 0.717) is 16.8 Å². The first-order valence-electron chi connectivity index (χ1n) is 6.05. The van der Waals surface area contributed by atoms with E-state index < -0.39 is 5.82 Å². The molecule has 6 heteroatoms. The number of rotatable bonds is 2. The molecule has 0 spiro atoms. The van der Waals surface area contributed by atoms with Crippen LogP contribution >= 0.6 is 0 Å². The molecule has 0 fully saturated rings. The zero-order chi connectivity index (χ0) is 13.5. The standard InChI is InChI=1S/C14H9FN4O/c15-13-9-5-6-16-10(9)3-4-12(13)20-14-11-2-1-7-19(11)18-8-17-14/h1-8,16H. The van der Waals surface area contributed by atoms with Crippen molar-refractivity contribution < 1.29 is 9.13 Å². The number of nitrogens with zero attached hydrogens (tertiary/aromatic N) is 3. The van der Waals surface area contributed by atoms with Crippen molar-refractivity contribution in [1.29, 1.82) is 0 Å². The van der Waals surface area contributed by atoms with Crippen LogP contribution in [-0.4, -0.2) is 19.6 Å². The van der Waals surface area contributed by atoms with Gasteiger partial charge in [0.1, 0.15) is 11.8 Å². The number of nitrogens with one attached hydrogen (secondary N) is 1. The van der Waals surface area contributed by atoms with Crippen LogP contribution < -0.4 is 4.74 Å². The molecule has 4 rings (SSSR count). The van der Waals surface area contributed by atoms with Crippen molar-refractivity contribution in [2.24, 2.45) is 0 Å². The molecule has 5 nitrogen and oxygen atoms in total. The Morgan fingerprint density at radius 1 is 1.20 bits per heavy atom. The lowest BCUT2D eigenvalue weighted by atomic mass is 10.2. The van der Waals surface area contributed by atoms with E-state index in [-0.39, 0.29) is 5.75 Å². The van der Waals surface area contributed by atoms with Gasteiger partial charge in [-0.3, -0.25) is 0 Å². The van der Waals surface area contributed by atoms with Crippen LogP contribution in [0.2, 0.25) is 0 Å². The molecule has 1 aromatic carbocycles. The molecule has 0 aliphatic carbocycles. The molecular weight excluding hydrogens is 259 g/mol. The summed E-state index contributed by atoms with van der Waals surface area (Å²) in [4.78, 5) is 7.01. The summed E-state index contributed by atoms with van der Waals surface area (Å²) in [7, 11) is 0. The van der Waals surface area contributed by atoms with Crippen LogP contribution in [-0.2, 0) is 0 Å². The van der Waals surface area contributed by atoms with Gasteiger partial charge in [0.05, 0.1) is 0 Å². The van der Waals surface area contributed by atoms with Crippen molar-refractivity contribution in [2.45, 2.75) is 0 Å². The SMILES string of the molecule is Fc1c(Oc2ncnn3cccc23)ccc2[nH]ccc12. The summed E-state index contributed by atoms with van der Waals surface area (Å²) in [6.07, 6.45) is 4.83. The number of benzene rings is 1. The average molecular weight is 268 g/mol. The van der Waals surface area contributed by atoms with E-state index >= 15 is 0 Å². The smallest absolute Gasteiger partial charge is 0.247 e. The quantitative estimate of drug-likeness (QED) is 0.607. The lowest BCUT2D eigenvalue weighted by molar-refractivity contribution is 0.431. The number of H-pyrrole nitrogens is 1. The summed E-state index contributed by atoms with van der Waals surface area (Å²) < 4.78 is 21.5. The van der Waals surface area contributed by atoms with Crippen LogP contribution in [0.1, 0.15) is 0 Å². The first-order chi connectivity index (χ1) is 9.83. The number of aromatic amines is 1. The molecule has 0 saturated carbocycles. The Bertz CT molecular complexity index is 912. The number of halogens is 1. The van der Waals surface area contributed by atoms with Crippen molar-refractivity contribution in [3.8, 4) is 11.6 Å². The van der Waals surface area contributed by atoms with Crippen LogP contribution in [0.4, 0.5) is 4.39 Å². The summed E-state index contributed by atoms with van der Waals surface area (Å²) in [5.41, 5.74) is 1.41. The highest BCUT2D eigenvalue weighted by Gasteiger charge is 2.12. The number of aromatic nitrogens is 4. The maximum atomic E-state index is 14.3. The van der Waals surface area contributed by atoms with Gasteiger partial charge >= 0.3 is 0 Å². The molecule has 0 atom stereocenters. The fourth-order valence-electron chi connectivity index (χ4n) is 2.18. The van der Waals surface area contributed by atoms with Gasteiger partial charge in [-0.15, -0.1) is 0 Å². The van der Waals surface area contributed by atoms with E-state index in [0.717, 1.165) is 5.52 Å². The summed E-state index contributed by atoms with van der Waals surface area (Å²) in [6.45, 7) is 0. The molecule has 20 heavy (non-hydrogen) atoms. The molecule has 0 radical (unpaired) electrons. The van der Waals surface area contributed by atoms with Crippen LogP contribution in [0.5, 0.6) is 11.6 Å². The Labute approximate surface area is 112 Å². The number of fused-ring (bicyclic) bond motifs is 2. The van der Waals surface area contributed by atoms with Crippen molar-refractivity contribution >= 4 is 16.4 Å². The summed E-state index contributed by atoms with van der Waals surface area (Å²) in [5, 5.41) is 4.52. The number of ether oxygens (including phenoxy) is 1. The third kappa shape index (κ3) is 1.55. The molecule has 0 aliphatic rings. The van der Waals surface area contributed by atoms with Crippen LogP contribution in [0.25, 0.3) is 16.4 Å². The van der Waals surface area contributed by atoms with E-state index in [2.05, 4.69) is 15.1 Å². The average Bonchev–Trinajstić information content (AvgIpc) is 3.10. The van der Waals surface area contributed by atoms with E-state index in [1.54, 1.807) is 35.1 Å². The molecule has 0 saturated heterocycles. The highest BCUT2D eigenvalue weighted by Crippen LogP contribution is 2.30. The molecular formula is C14H9FN4O. The Morgan fingerprint density at radius 3 is 3.10 bits per heavy atom. The molecule has 4 aromatic rings. The Balaban J connectivity index is 1.84. The van der Waals surface area contributed by atoms with Gasteiger partial charge < -0.3 is 9.72 Å². The molecule has 0 amide bonds. The monoisotopic (exact) mass is 268 g/mol. The Morgan fingerprint density at radius 2 is 2.15 bits per heavy atom. The third-order valence-corrected chi connectivity index (χ3v) is 3.14. The van der Waals surface area contributed by atoms with Gasteiger partial charge in [-0.1, -0.05) is 0 Å². The second kappa shape index (κ2) is 4.06. The minimum Gasteiger partial charge on any atom is -0.434 e. The zero-order valence-corrected chi connectivity index (χ0v) is 10.2. The zero-order valence-electron chi connectivity index (χ0n) is 10.2. The largest absolute Gasteiger partial charge is 0.434 e. The number of hydrogen-bond donors (Lipinski definition) is 1. The highest BCUT2D eigenvalue weighted by molar-refractivity contribution is 5.81. The van der Waals surface area contributed by atoms with Gasteiger partial charge in [0.2, 0.25) is 5.88 Å². The summed E-state index contributed by atoms with van der Waals surface area (Å²) >= 11 is 0. The molecule has 3 heterocycles. The molecule has 0 bridgehead atoms.